The van der Waals surface area contributed by atoms with Gasteiger partial charge in [0.05, 0.1) is 0 Å². The van der Waals surface area contributed by atoms with Gasteiger partial charge in [0.15, 0.2) is 0 Å². The third-order valence-electron chi connectivity index (χ3n) is 0. The number of hydrogen-bond donors (Lipinski definition) is 0. The summed E-state index contributed by atoms with van der Waals surface area (Å²) >= 11 is 0. The predicted molar refractivity (Wildman–Crippen MR) is 11.4 cm³/mol. The third-order valence-corrected chi connectivity index (χ3v) is 0. The number of rotatable bonds is 0. The molecule has 6 heavy (non-hydrogen) atoms. The van der Waals surface area contributed by atoms with Crippen LogP contribution in [0.1, 0.15) is 0 Å². The fraction of sp³-hybridized carbons (Fsp3) is 0. The number of hydrogen-bond acceptors (Lipinski definition) is 4. The van der Waals surface area contributed by atoms with E-state index in [9.17, 15) is 0 Å². The normalized spacial score (nSPS) is 0. The summed E-state index contributed by atoms with van der Waals surface area (Å²) in [4.78, 5) is 0. The van der Waals surface area contributed by atoms with Crippen LogP contribution in [0.4, 0.5) is 0 Å². The monoisotopic (exact) mass is 226 g/mol. The van der Waals surface area contributed by atoms with Crippen molar-refractivity contribution in [3.05, 3.63) is 0 Å². The van der Waals surface area contributed by atoms with Crippen LogP contribution in [0.2, 0.25) is 0 Å². The van der Waals surface area contributed by atoms with Crippen LogP contribution in [0, 0.1) is 41.7 Å². The van der Waals surface area contributed by atoms with E-state index in [-0.39, 0.29) is 69.1 Å². The molecule has 6 heteroatoms. The SMILES string of the molecule is O.[Ce+4].[OH-].[OH-].[OH-].[OH-]. The van der Waals surface area contributed by atoms with Crippen molar-refractivity contribution in [3.8, 4) is 0 Å². The van der Waals surface area contributed by atoms with Gasteiger partial charge < -0.3 is 27.4 Å². The molecule has 0 aliphatic heterocycles. The van der Waals surface area contributed by atoms with E-state index in [1.54, 1.807) is 0 Å². The van der Waals surface area contributed by atoms with Crippen molar-refractivity contribution in [1.29, 1.82) is 0 Å². The third kappa shape index (κ3) is 65.2. The Morgan fingerprint density at radius 1 is 0.500 bits per heavy atom. The molecule has 0 rings (SSSR count). The summed E-state index contributed by atoms with van der Waals surface area (Å²) < 4.78 is 0. The maximum atomic E-state index is 0. The first-order valence-corrected chi connectivity index (χ1v) is 0. The smallest absolute Gasteiger partial charge is 0.870 e. The van der Waals surface area contributed by atoms with Crippen molar-refractivity contribution in [3.63, 3.8) is 0 Å². The summed E-state index contributed by atoms with van der Waals surface area (Å²) in [7, 11) is 0. The predicted octanol–water partition coefficient (Wildman–Crippen LogP) is -1.53. The van der Waals surface area contributed by atoms with Gasteiger partial charge in [0, 0.05) is 0 Å². The van der Waals surface area contributed by atoms with Gasteiger partial charge in [0.2, 0.25) is 0 Å². The second-order valence-corrected chi connectivity index (χ2v) is 0. The summed E-state index contributed by atoms with van der Waals surface area (Å²) in [5.74, 6) is 0. The second kappa shape index (κ2) is 120. The topological polar surface area (TPSA) is 152 Å². The van der Waals surface area contributed by atoms with Gasteiger partial charge in [0.1, 0.15) is 0 Å². The molecule has 0 spiro atoms. The molecule has 0 bridgehead atoms. The van der Waals surface area contributed by atoms with Gasteiger partial charge in [-0.3, -0.25) is 0 Å². The van der Waals surface area contributed by atoms with Crippen molar-refractivity contribution < 1.29 is 69.1 Å². The van der Waals surface area contributed by atoms with Crippen LogP contribution in [0.25, 0.3) is 0 Å². The van der Waals surface area contributed by atoms with Gasteiger partial charge in [0.25, 0.3) is 0 Å². The van der Waals surface area contributed by atoms with Crippen molar-refractivity contribution in [2.45, 2.75) is 0 Å². The molecular formula is H6CeO5. The minimum atomic E-state index is 0. The molecule has 0 unspecified atom stereocenters. The van der Waals surface area contributed by atoms with Gasteiger partial charge in [-0.15, -0.1) is 0 Å². The Morgan fingerprint density at radius 2 is 0.500 bits per heavy atom. The molecule has 6 N–H and O–H groups in total. The van der Waals surface area contributed by atoms with Crippen molar-refractivity contribution in [2.75, 3.05) is 0 Å². The van der Waals surface area contributed by atoms with Crippen molar-refractivity contribution in [2.24, 2.45) is 0 Å². The molecule has 0 fully saturated rings. The molecule has 0 saturated heterocycles. The average Bonchev–Trinajstić information content (AvgIpc) is 0. The molecule has 40 valence electrons. The van der Waals surface area contributed by atoms with E-state index in [0.717, 1.165) is 0 Å². The fourth-order valence-corrected chi connectivity index (χ4v) is 0. The van der Waals surface area contributed by atoms with Crippen LogP contribution in [-0.2, 0) is 0 Å². The van der Waals surface area contributed by atoms with E-state index in [1.165, 1.54) is 0 Å². The Kier molecular flexibility index (Phi) is 3940. The van der Waals surface area contributed by atoms with Gasteiger partial charge in [-0.05, 0) is 0 Å². The Balaban J connectivity index is 0. The first-order valence-electron chi connectivity index (χ1n) is 0. The molecular weight excluding hydrogens is 220 g/mol. The summed E-state index contributed by atoms with van der Waals surface area (Å²) in [5.41, 5.74) is 0. The standard InChI is InChI=1S/Ce.5H2O/h;5*1H2/q+4;;;;;/p-4. The molecule has 0 atom stereocenters. The first kappa shape index (κ1) is 198. The zero-order chi connectivity index (χ0) is 0. The minimum Gasteiger partial charge on any atom is -0.870 e. The molecule has 0 aliphatic rings. The first-order chi connectivity index (χ1) is 0. The summed E-state index contributed by atoms with van der Waals surface area (Å²) in [5, 5.41) is 0. The molecule has 0 aromatic carbocycles. The molecule has 0 aromatic heterocycles. The second-order valence-electron chi connectivity index (χ2n) is 0. The summed E-state index contributed by atoms with van der Waals surface area (Å²) in [6.45, 7) is 0. The Hall–Kier alpha value is 1.18. The van der Waals surface area contributed by atoms with E-state index in [2.05, 4.69) is 0 Å². The molecule has 0 amide bonds. The molecule has 0 aromatic rings. The maximum Gasteiger partial charge on any atom is 4.00 e. The van der Waals surface area contributed by atoms with Gasteiger partial charge in [-0.2, -0.15) is 0 Å². The van der Waals surface area contributed by atoms with Crippen molar-refractivity contribution in [1.82, 2.24) is 0 Å². The fourth-order valence-electron chi connectivity index (χ4n) is 0. The maximum absolute atomic E-state index is 0. The van der Waals surface area contributed by atoms with Gasteiger partial charge in [-0.25, -0.2) is 0 Å². The summed E-state index contributed by atoms with van der Waals surface area (Å²) in [6.07, 6.45) is 0. The van der Waals surface area contributed by atoms with Crippen LogP contribution in [0.3, 0.4) is 0 Å². The Morgan fingerprint density at radius 3 is 0.500 bits per heavy atom. The zero-order valence-corrected chi connectivity index (χ0v) is 5.93. The van der Waals surface area contributed by atoms with E-state index in [1.807, 2.05) is 0 Å². The van der Waals surface area contributed by atoms with Crippen LogP contribution in [-0.4, -0.2) is 27.4 Å². The zero-order valence-electron chi connectivity index (χ0n) is 2.79. The van der Waals surface area contributed by atoms with Crippen LogP contribution in [0.5, 0.6) is 0 Å². The van der Waals surface area contributed by atoms with Gasteiger partial charge >= 0.3 is 41.7 Å². The largest absolute Gasteiger partial charge is 4.00 e. The van der Waals surface area contributed by atoms with E-state index < -0.39 is 0 Å². The van der Waals surface area contributed by atoms with Crippen molar-refractivity contribution >= 4 is 0 Å². The molecule has 0 radical (unpaired) electrons. The molecule has 5 nitrogen and oxygen atoms in total. The van der Waals surface area contributed by atoms with E-state index in [0.29, 0.717) is 0 Å². The minimum absolute atomic E-state index is 0. The van der Waals surface area contributed by atoms with Crippen LogP contribution < -0.4 is 0 Å². The Labute approximate surface area is 68.7 Å². The van der Waals surface area contributed by atoms with Crippen LogP contribution in [0.15, 0.2) is 0 Å². The molecule has 0 aliphatic carbocycles. The average molecular weight is 226 g/mol. The Bertz CT molecular complexity index is 3.90. The van der Waals surface area contributed by atoms with Crippen LogP contribution >= 0.6 is 0 Å². The molecule has 0 saturated carbocycles. The van der Waals surface area contributed by atoms with E-state index >= 15 is 0 Å². The molecule has 0 heterocycles. The van der Waals surface area contributed by atoms with E-state index in [4.69, 9.17) is 0 Å². The summed E-state index contributed by atoms with van der Waals surface area (Å²) in [6, 6.07) is 0. The van der Waals surface area contributed by atoms with Gasteiger partial charge in [-0.1, -0.05) is 0 Å². The quantitative estimate of drug-likeness (QED) is 0.491.